The lowest BCUT2D eigenvalue weighted by Crippen LogP contribution is -2.46. The van der Waals surface area contributed by atoms with E-state index in [1.54, 1.807) is 6.08 Å². The molecule has 3 rings (SSSR count). The molecule has 158 valence electrons. The number of nitrogens with zero attached hydrogens (tertiary/aromatic N) is 1. The summed E-state index contributed by atoms with van der Waals surface area (Å²) in [4.78, 5) is 13.5. The maximum atomic E-state index is 13.0. The van der Waals surface area contributed by atoms with Gasteiger partial charge in [-0.15, -0.1) is 0 Å². The van der Waals surface area contributed by atoms with Crippen LogP contribution in [-0.2, 0) is 11.3 Å². The highest BCUT2D eigenvalue weighted by Gasteiger charge is 2.37. The number of aryl methyl sites for hydroxylation is 2. The molecule has 2 aliphatic rings. The van der Waals surface area contributed by atoms with Gasteiger partial charge in [-0.05, 0) is 62.6 Å². The van der Waals surface area contributed by atoms with Crippen LogP contribution in [-0.4, -0.2) is 34.7 Å². The van der Waals surface area contributed by atoms with E-state index in [-0.39, 0.29) is 24.3 Å². The highest BCUT2D eigenvalue weighted by molar-refractivity contribution is 5.67. The van der Waals surface area contributed by atoms with E-state index in [2.05, 4.69) is 30.0 Å². The van der Waals surface area contributed by atoms with E-state index in [1.807, 2.05) is 6.92 Å². The van der Waals surface area contributed by atoms with E-state index in [1.165, 1.54) is 28.8 Å². The van der Waals surface area contributed by atoms with Crippen LogP contribution in [0.3, 0.4) is 0 Å². The summed E-state index contributed by atoms with van der Waals surface area (Å²) >= 11 is 0. The lowest BCUT2D eigenvalue weighted by Gasteiger charge is -2.43. The average Bonchev–Trinajstić information content (AvgIpc) is 2.65. The van der Waals surface area contributed by atoms with Crippen molar-refractivity contribution in [1.29, 1.82) is 0 Å². The Kier molecular flexibility index (Phi) is 6.52. The van der Waals surface area contributed by atoms with Crippen LogP contribution >= 0.6 is 0 Å². The molecule has 0 bridgehead atoms. The number of hydrogen-bond acceptors (Lipinski definition) is 2. The largest absolute Gasteiger partial charge is 0.481 e. The van der Waals surface area contributed by atoms with E-state index in [9.17, 15) is 23.1 Å². The molecule has 1 aliphatic carbocycles. The van der Waals surface area contributed by atoms with Crippen molar-refractivity contribution in [2.45, 2.75) is 58.3 Å². The number of piperidine rings is 1. The fourth-order valence-electron chi connectivity index (χ4n) is 4.52. The third-order valence-electron chi connectivity index (χ3n) is 6.16. The van der Waals surface area contributed by atoms with Gasteiger partial charge in [0.1, 0.15) is 0 Å². The minimum absolute atomic E-state index is 0.0373. The number of likely N-dealkylation sites (tertiary alicyclic amines) is 1. The Hall–Kier alpha value is -2.08. The molecule has 1 unspecified atom stereocenters. The van der Waals surface area contributed by atoms with Crippen molar-refractivity contribution in [3.8, 4) is 0 Å². The van der Waals surface area contributed by atoms with Gasteiger partial charge < -0.3 is 5.11 Å². The van der Waals surface area contributed by atoms with E-state index >= 15 is 0 Å². The quantitative estimate of drug-likeness (QED) is 0.708. The number of hydrogen-bond donors (Lipinski definition) is 1. The van der Waals surface area contributed by atoms with Gasteiger partial charge in [-0.1, -0.05) is 42.0 Å². The van der Waals surface area contributed by atoms with Gasteiger partial charge in [-0.25, -0.2) is 0 Å². The van der Waals surface area contributed by atoms with Crippen molar-refractivity contribution in [1.82, 2.24) is 4.90 Å². The number of halogens is 3. The number of carbonyl (C=O) groups is 1. The molecule has 6 heteroatoms. The number of allylic oxidation sites excluding steroid dienone is 3. The number of carboxylic acid groups (broad SMARTS) is 1. The maximum Gasteiger partial charge on any atom is 0.416 e. The van der Waals surface area contributed by atoms with Crippen molar-refractivity contribution in [3.63, 3.8) is 0 Å². The lowest BCUT2D eigenvalue weighted by atomic mass is 9.79. The van der Waals surface area contributed by atoms with Crippen LogP contribution in [0, 0.1) is 25.7 Å². The molecule has 3 nitrogen and oxygen atoms in total. The smallest absolute Gasteiger partial charge is 0.416 e. The van der Waals surface area contributed by atoms with Crippen LogP contribution < -0.4 is 0 Å². The first-order valence-electron chi connectivity index (χ1n) is 10.1. The molecular weight excluding hydrogens is 379 g/mol. The molecule has 1 aromatic rings. The Balaban J connectivity index is 1.79. The number of carboxylic acids is 1. The molecule has 1 N–H and O–H groups in total. The molecule has 1 aliphatic heterocycles. The van der Waals surface area contributed by atoms with Gasteiger partial charge in [0.25, 0.3) is 0 Å². The van der Waals surface area contributed by atoms with Gasteiger partial charge >= 0.3 is 12.1 Å². The molecule has 0 amide bonds. The third-order valence-corrected chi connectivity index (χ3v) is 6.16. The first-order valence-corrected chi connectivity index (χ1v) is 10.1. The topological polar surface area (TPSA) is 40.5 Å². The second-order valence-corrected chi connectivity index (χ2v) is 8.37. The van der Waals surface area contributed by atoms with Crippen LogP contribution in [0.4, 0.5) is 13.2 Å². The Bertz CT molecular complexity index is 813. The SMILES string of the molecule is Cc1ccc(C)c(CN2CC[C@H](CC(=O)O)C[C@@H]2C2C=CC(C(F)(F)F)=CC2)c1. The van der Waals surface area contributed by atoms with Crippen molar-refractivity contribution >= 4 is 5.97 Å². The van der Waals surface area contributed by atoms with E-state index in [0.29, 0.717) is 12.8 Å². The first-order chi connectivity index (χ1) is 13.6. The van der Waals surface area contributed by atoms with Crippen LogP contribution in [0.25, 0.3) is 0 Å². The van der Waals surface area contributed by atoms with E-state index in [0.717, 1.165) is 19.5 Å². The van der Waals surface area contributed by atoms with E-state index < -0.39 is 17.7 Å². The molecule has 3 atom stereocenters. The minimum Gasteiger partial charge on any atom is -0.481 e. The Morgan fingerprint density at radius 1 is 1.28 bits per heavy atom. The molecule has 1 fully saturated rings. The summed E-state index contributed by atoms with van der Waals surface area (Å²) in [5.41, 5.74) is 3.00. The number of aliphatic carboxylic acids is 1. The van der Waals surface area contributed by atoms with Gasteiger partial charge in [-0.3, -0.25) is 9.69 Å². The molecule has 1 aromatic carbocycles. The van der Waals surface area contributed by atoms with Gasteiger partial charge in [0, 0.05) is 19.0 Å². The molecule has 29 heavy (non-hydrogen) atoms. The molecule has 1 saturated heterocycles. The fourth-order valence-corrected chi connectivity index (χ4v) is 4.52. The third kappa shape index (κ3) is 5.50. The molecule has 0 spiro atoms. The number of rotatable bonds is 5. The Morgan fingerprint density at radius 2 is 2.03 bits per heavy atom. The Labute approximate surface area is 169 Å². The number of alkyl halides is 3. The number of benzene rings is 1. The highest BCUT2D eigenvalue weighted by atomic mass is 19.4. The highest BCUT2D eigenvalue weighted by Crippen LogP contribution is 2.37. The maximum absolute atomic E-state index is 13.0. The summed E-state index contributed by atoms with van der Waals surface area (Å²) in [7, 11) is 0. The second kappa shape index (κ2) is 8.74. The van der Waals surface area contributed by atoms with Crippen molar-refractivity contribution < 1.29 is 23.1 Å². The monoisotopic (exact) mass is 407 g/mol. The van der Waals surface area contributed by atoms with Gasteiger partial charge in [-0.2, -0.15) is 13.2 Å². The molecular formula is C23H28F3NO2. The van der Waals surface area contributed by atoms with Crippen molar-refractivity contribution in [2.75, 3.05) is 6.54 Å². The van der Waals surface area contributed by atoms with Crippen molar-refractivity contribution in [2.24, 2.45) is 11.8 Å². The standard InChI is InChI=1S/C23H28F3NO2/c1-15-3-4-16(2)19(11-15)14-27-10-9-17(13-22(28)29)12-21(27)18-5-7-20(8-6-18)23(24,25)26/h3-5,7-8,11,17-18,21H,6,9-10,12-14H2,1-2H3,(H,28,29)/t17-,18?,21+/m0/s1. The zero-order chi connectivity index (χ0) is 21.2. The van der Waals surface area contributed by atoms with Crippen molar-refractivity contribution in [3.05, 3.63) is 58.7 Å². The molecule has 1 heterocycles. The summed E-state index contributed by atoms with van der Waals surface area (Å²) in [6, 6.07) is 6.36. The van der Waals surface area contributed by atoms with Crippen LogP contribution in [0.1, 0.15) is 42.4 Å². The molecule has 0 aromatic heterocycles. The lowest BCUT2D eigenvalue weighted by molar-refractivity contribution is -0.138. The summed E-state index contributed by atoms with van der Waals surface area (Å²) in [6.07, 6.45) is 1.76. The zero-order valence-corrected chi connectivity index (χ0v) is 16.9. The zero-order valence-electron chi connectivity index (χ0n) is 16.9. The average molecular weight is 407 g/mol. The van der Waals surface area contributed by atoms with E-state index in [4.69, 9.17) is 0 Å². The van der Waals surface area contributed by atoms with Crippen LogP contribution in [0.5, 0.6) is 0 Å². The van der Waals surface area contributed by atoms with Gasteiger partial charge in [0.2, 0.25) is 0 Å². The van der Waals surface area contributed by atoms with Crippen LogP contribution in [0.15, 0.2) is 42.0 Å². The Morgan fingerprint density at radius 3 is 2.66 bits per heavy atom. The van der Waals surface area contributed by atoms with Crippen LogP contribution in [0.2, 0.25) is 0 Å². The second-order valence-electron chi connectivity index (χ2n) is 8.37. The summed E-state index contributed by atoms with van der Waals surface area (Å²) in [6.45, 7) is 5.61. The first kappa shape index (κ1) is 21.6. The molecule has 0 radical (unpaired) electrons. The summed E-state index contributed by atoms with van der Waals surface area (Å²) in [5, 5.41) is 9.19. The summed E-state index contributed by atoms with van der Waals surface area (Å²) in [5.74, 6) is -0.785. The predicted octanol–water partition coefficient (Wildman–Crippen LogP) is 5.42. The van der Waals surface area contributed by atoms with Gasteiger partial charge in [0.05, 0.1) is 5.57 Å². The summed E-state index contributed by atoms with van der Waals surface area (Å²) < 4.78 is 38.9. The minimum atomic E-state index is -4.32. The molecule has 0 saturated carbocycles. The fraction of sp³-hybridized carbons (Fsp3) is 0.522. The normalized spacial score (nSPS) is 25.7. The predicted molar refractivity (Wildman–Crippen MR) is 106 cm³/mol. The van der Waals surface area contributed by atoms with Gasteiger partial charge in [0.15, 0.2) is 0 Å².